The van der Waals surface area contributed by atoms with E-state index in [0.717, 1.165) is 30.6 Å². The van der Waals surface area contributed by atoms with Crippen molar-refractivity contribution in [2.75, 3.05) is 6.61 Å². The molecule has 0 radical (unpaired) electrons. The first kappa shape index (κ1) is 21.5. The normalized spacial score (nSPS) is 25.9. The van der Waals surface area contributed by atoms with Gasteiger partial charge in [0.1, 0.15) is 11.4 Å². The predicted octanol–water partition coefficient (Wildman–Crippen LogP) is 1.32. The molecule has 154 valence electrons. The third-order valence-corrected chi connectivity index (χ3v) is 7.84. The highest BCUT2D eigenvalue weighted by Gasteiger charge is 2.68. The summed E-state index contributed by atoms with van der Waals surface area (Å²) in [6, 6.07) is -1.23. The van der Waals surface area contributed by atoms with Crippen molar-refractivity contribution in [2.45, 2.75) is 82.2 Å². The molecule has 0 spiro atoms. The molecule has 9 nitrogen and oxygen atoms in total. The fourth-order valence-corrected chi connectivity index (χ4v) is 5.50. The van der Waals surface area contributed by atoms with E-state index in [9.17, 15) is 22.8 Å². The van der Waals surface area contributed by atoms with Crippen molar-refractivity contribution in [3.63, 3.8) is 0 Å². The zero-order valence-corrected chi connectivity index (χ0v) is 17.0. The van der Waals surface area contributed by atoms with Crippen LogP contribution in [0, 0.1) is 0 Å². The van der Waals surface area contributed by atoms with Crippen molar-refractivity contribution in [1.82, 2.24) is 10.2 Å². The number of unbranched alkanes of at least 4 members (excludes halogenated alkanes) is 3. The highest BCUT2D eigenvalue weighted by molar-refractivity contribution is 7.93. The Hall–Kier alpha value is -1.84. The third-order valence-electron chi connectivity index (χ3n) is 5.04. The van der Waals surface area contributed by atoms with Crippen LogP contribution in [0.15, 0.2) is 0 Å². The zero-order valence-electron chi connectivity index (χ0n) is 16.2. The monoisotopic (exact) mass is 404 g/mol. The first-order valence-corrected chi connectivity index (χ1v) is 10.8. The first-order chi connectivity index (χ1) is 12.5. The van der Waals surface area contributed by atoms with Crippen LogP contribution in [0.4, 0.5) is 4.79 Å². The smallest absolute Gasteiger partial charge is 0.409 e. The largest absolute Gasteiger partial charge is 0.449 e. The van der Waals surface area contributed by atoms with Crippen LogP contribution in [-0.2, 0) is 28.9 Å². The van der Waals surface area contributed by atoms with Crippen molar-refractivity contribution < 1.29 is 32.3 Å². The summed E-state index contributed by atoms with van der Waals surface area (Å²) in [6.07, 6.45) is 2.00. The Morgan fingerprint density at radius 3 is 2.56 bits per heavy atom. The minimum Gasteiger partial charge on any atom is -0.449 e. The van der Waals surface area contributed by atoms with Crippen molar-refractivity contribution in [3.8, 4) is 0 Å². The van der Waals surface area contributed by atoms with Crippen LogP contribution >= 0.6 is 0 Å². The summed E-state index contributed by atoms with van der Waals surface area (Å²) in [5, 5.41) is 1.39. The van der Waals surface area contributed by atoms with Gasteiger partial charge in [-0.05, 0) is 27.2 Å². The number of hydrogen-bond donors (Lipinski definition) is 1. The van der Waals surface area contributed by atoms with E-state index in [1.54, 1.807) is 0 Å². The molecule has 2 aliphatic heterocycles. The quantitative estimate of drug-likeness (QED) is 0.280. The van der Waals surface area contributed by atoms with E-state index >= 15 is 0 Å². The van der Waals surface area contributed by atoms with E-state index in [0.29, 0.717) is 0 Å². The highest BCUT2D eigenvalue weighted by atomic mass is 32.2. The van der Waals surface area contributed by atoms with Crippen LogP contribution in [0.25, 0.3) is 0 Å². The molecule has 10 heteroatoms. The van der Waals surface area contributed by atoms with Gasteiger partial charge in [0.15, 0.2) is 16.1 Å². The molecule has 1 N–H and O–H groups in total. The summed E-state index contributed by atoms with van der Waals surface area (Å²) in [5.41, 5.74) is 0. The number of alkyl carbamates (subject to hydrolysis) is 1. The van der Waals surface area contributed by atoms with Gasteiger partial charge >= 0.3 is 12.1 Å². The standard InChI is InChI=1S/C17H28N2O7S/c1-5-6-7-8-9-25-16(22)18-11(2)26-15(21)14-17(3,4)27(23,24)13-10-12(20)19(13)14/h11,13-14H,5-10H2,1-4H3,(H,18,22)/t11?,13-,14+/m1/s1. The molecule has 2 heterocycles. The van der Waals surface area contributed by atoms with Crippen LogP contribution in [0.5, 0.6) is 0 Å². The Morgan fingerprint density at radius 1 is 1.30 bits per heavy atom. The highest BCUT2D eigenvalue weighted by Crippen LogP contribution is 2.46. The lowest BCUT2D eigenvalue weighted by molar-refractivity contribution is -0.165. The van der Waals surface area contributed by atoms with Crippen LogP contribution in [0.3, 0.4) is 0 Å². The molecule has 3 atom stereocenters. The molecule has 1 unspecified atom stereocenters. The number of sulfone groups is 1. The molecule has 27 heavy (non-hydrogen) atoms. The molecule has 2 aliphatic rings. The molecule has 0 aliphatic carbocycles. The van der Waals surface area contributed by atoms with E-state index in [2.05, 4.69) is 12.2 Å². The summed E-state index contributed by atoms with van der Waals surface area (Å²) >= 11 is 0. The molecule has 2 saturated heterocycles. The second-order valence-electron chi connectivity index (χ2n) is 7.43. The fraction of sp³-hybridized carbons (Fsp3) is 0.824. The average molecular weight is 404 g/mol. The number of rotatable bonds is 8. The number of ether oxygens (including phenoxy) is 2. The molecule has 2 fully saturated rings. The summed E-state index contributed by atoms with van der Waals surface area (Å²) in [4.78, 5) is 37.1. The van der Waals surface area contributed by atoms with Crippen molar-refractivity contribution in [1.29, 1.82) is 0 Å². The Morgan fingerprint density at radius 2 is 1.96 bits per heavy atom. The van der Waals surface area contributed by atoms with Crippen molar-refractivity contribution in [3.05, 3.63) is 0 Å². The lowest BCUT2D eigenvalue weighted by atomic mass is 9.98. The van der Waals surface area contributed by atoms with Crippen LogP contribution < -0.4 is 5.32 Å². The Balaban J connectivity index is 1.89. The average Bonchev–Trinajstić information content (AvgIpc) is 2.68. The number of nitrogens with one attached hydrogen (secondary N) is 1. The molecular weight excluding hydrogens is 376 g/mol. The van der Waals surface area contributed by atoms with Crippen molar-refractivity contribution >= 4 is 27.8 Å². The second-order valence-corrected chi connectivity index (χ2v) is 10.1. The molecule has 2 rings (SSSR count). The molecule has 0 aromatic heterocycles. The summed E-state index contributed by atoms with van der Waals surface area (Å²) in [5.74, 6) is -1.27. The van der Waals surface area contributed by atoms with Gasteiger partial charge in [0.25, 0.3) is 0 Å². The van der Waals surface area contributed by atoms with Gasteiger partial charge in [0, 0.05) is 0 Å². The lowest BCUT2D eigenvalue weighted by Crippen LogP contribution is -2.58. The molecule has 0 bridgehead atoms. The Bertz CT molecular complexity index is 704. The minimum absolute atomic E-state index is 0.117. The van der Waals surface area contributed by atoms with E-state index in [4.69, 9.17) is 9.47 Å². The summed E-state index contributed by atoms with van der Waals surface area (Å²) in [7, 11) is -3.68. The van der Waals surface area contributed by atoms with Gasteiger partial charge in [-0.25, -0.2) is 18.0 Å². The third kappa shape index (κ3) is 4.04. The van der Waals surface area contributed by atoms with Gasteiger partial charge in [-0.2, -0.15) is 0 Å². The molecule has 2 amide bonds. The number of esters is 1. The van der Waals surface area contributed by atoms with E-state index < -0.39 is 50.2 Å². The SMILES string of the molecule is CCCCCCOC(=O)NC(C)OC(=O)[C@@H]1N2C(=O)C[C@H]2S(=O)(=O)C1(C)C. The van der Waals surface area contributed by atoms with Crippen LogP contribution in [-0.4, -0.2) is 60.3 Å². The first-order valence-electron chi connectivity index (χ1n) is 9.22. The number of nitrogens with zero attached hydrogens (tertiary/aromatic N) is 1. The van der Waals surface area contributed by atoms with Gasteiger partial charge < -0.3 is 14.4 Å². The topological polar surface area (TPSA) is 119 Å². The van der Waals surface area contributed by atoms with Gasteiger partial charge in [0.05, 0.1) is 17.8 Å². The minimum atomic E-state index is -3.68. The number of carbonyl (C=O) groups is 3. The summed E-state index contributed by atoms with van der Waals surface area (Å²) < 4.78 is 33.7. The maximum absolute atomic E-state index is 12.5. The molecule has 0 aromatic carbocycles. The van der Waals surface area contributed by atoms with E-state index in [1.165, 1.54) is 20.8 Å². The Labute approximate surface area is 159 Å². The van der Waals surface area contributed by atoms with Crippen molar-refractivity contribution in [2.24, 2.45) is 0 Å². The maximum atomic E-state index is 12.5. The molecular formula is C17H28N2O7S. The fourth-order valence-electron chi connectivity index (χ4n) is 3.38. The maximum Gasteiger partial charge on any atom is 0.409 e. The van der Waals surface area contributed by atoms with Gasteiger partial charge in [-0.15, -0.1) is 0 Å². The van der Waals surface area contributed by atoms with E-state index in [-0.39, 0.29) is 13.0 Å². The molecule has 0 saturated carbocycles. The van der Waals surface area contributed by atoms with Crippen LogP contribution in [0.1, 0.15) is 59.8 Å². The molecule has 0 aromatic rings. The Kier molecular flexibility index (Phi) is 6.39. The number of β-lactam (4-membered cyclic amide) rings is 1. The van der Waals surface area contributed by atoms with E-state index in [1.807, 2.05) is 0 Å². The zero-order chi connectivity index (χ0) is 20.4. The summed E-state index contributed by atoms with van der Waals surface area (Å²) in [6.45, 7) is 6.59. The second kappa shape index (κ2) is 8.04. The van der Waals surface area contributed by atoms with Crippen LogP contribution in [0.2, 0.25) is 0 Å². The number of fused-ring (bicyclic) bond motifs is 1. The van der Waals surface area contributed by atoms with Gasteiger partial charge in [0.2, 0.25) is 5.91 Å². The lowest BCUT2D eigenvalue weighted by Gasteiger charge is -2.36. The van der Waals surface area contributed by atoms with Gasteiger partial charge in [-0.1, -0.05) is 26.2 Å². The number of amides is 2. The number of carbonyl (C=O) groups excluding carboxylic acids is 3. The van der Waals surface area contributed by atoms with Gasteiger partial charge in [-0.3, -0.25) is 10.1 Å². The predicted molar refractivity (Wildman–Crippen MR) is 96.2 cm³/mol. The number of hydrogen-bond acceptors (Lipinski definition) is 7.